The molecule has 1 aliphatic heterocycles. The van der Waals surface area contributed by atoms with Crippen LogP contribution < -0.4 is 10.4 Å². The molecule has 158 valence electrons. The lowest BCUT2D eigenvalue weighted by molar-refractivity contribution is -0.274. The second-order valence-electron chi connectivity index (χ2n) is 6.64. The predicted octanol–water partition coefficient (Wildman–Crippen LogP) is 3.09. The summed E-state index contributed by atoms with van der Waals surface area (Å²) in [5, 5.41) is 7.51. The Kier molecular flexibility index (Phi) is 4.60. The molecule has 0 unspecified atom stereocenters. The van der Waals surface area contributed by atoms with Crippen LogP contribution >= 0.6 is 0 Å². The SMILES string of the molecule is C[C@@H](n1nnn(-c2ccc(OC(F)(F)F)cc2)c1=O)[C@]1(c2ccc(F)cc2F)CO1. The van der Waals surface area contributed by atoms with Crippen LogP contribution in [0.4, 0.5) is 22.0 Å². The fourth-order valence-corrected chi connectivity index (χ4v) is 3.18. The van der Waals surface area contributed by atoms with Gasteiger partial charge in [-0.05, 0) is 47.7 Å². The van der Waals surface area contributed by atoms with Gasteiger partial charge in [0.25, 0.3) is 0 Å². The van der Waals surface area contributed by atoms with Crippen molar-refractivity contribution in [1.29, 1.82) is 0 Å². The molecule has 7 nitrogen and oxygen atoms in total. The zero-order chi connectivity index (χ0) is 21.7. The Bertz CT molecular complexity index is 1140. The number of halogens is 5. The normalized spacial score (nSPS) is 19.5. The summed E-state index contributed by atoms with van der Waals surface area (Å²) in [4.78, 5) is 12.7. The van der Waals surface area contributed by atoms with Crippen molar-refractivity contribution in [2.24, 2.45) is 0 Å². The lowest BCUT2D eigenvalue weighted by Gasteiger charge is -2.20. The Labute approximate surface area is 165 Å². The second-order valence-corrected chi connectivity index (χ2v) is 6.64. The van der Waals surface area contributed by atoms with Gasteiger partial charge in [0.2, 0.25) is 0 Å². The average molecular weight is 428 g/mol. The molecule has 12 heteroatoms. The maximum atomic E-state index is 14.2. The molecular weight excluding hydrogens is 415 g/mol. The van der Waals surface area contributed by atoms with Crippen molar-refractivity contribution in [3.8, 4) is 11.4 Å². The maximum absolute atomic E-state index is 14.2. The van der Waals surface area contributed by atoms with Crippen LogP contribution in [0, 0.1) is 11.6 Å². The highest BCUT2D eigenvalue weighted by atomic mass is 19.4. The number of nitrogens with zero attached hydrogens (tertiary/aromatic N) is 4. The molecule has 3 aromatic rings. The Morgan fingerprint density at radius 3 is 2.37 bits per heavy atom. The number of aromatic nitrogens is 4. The second kappa shape index (κ2) is 6.90. The van der Waals surface area contributed by atoms with E-state index in [1.165, 1.54) is 18.2 Å². The van der Waals surface area contributed by atoms with E-state index in [0.717, 1.165) is 33.6 Å². The van der Waals surface area contributed by atoms with E-state index in [0.29, 0.717) is 0 Å². The van der Waals surface area contributed by atoms with Crippen LogP contribution in [0.25, 0.3) is 5.69 Å². The van der Waals surface area contributed by atoms with Gasteiger partial charge >= 0.3 is 12.1 Å². The molecule has 2 heterocycles. The highest BCUT2D eigenvalue weighted by molar-refractivity contribution is 5.36. The summed E-state index contributed by atoms with van der Waals surface area (Å²) < 4.78 is 75.3. The number of alkyl halides is 3. The Morgan fingerprint density at radius 1 is 1.13 bits per heavy atom. The molecule has 0 radical (unpaired) electrons. The first-order valence-electron chi connectivity index (χ1n) is 8.61. The van der Waals surface area contributed by atoms with Gasteiger partial charge in [0, 0.05) is 11.6 Å². The minimum Gasteiger partial charge on any atom is -0.406 e. The van der Waals surface area contributed by atoms with E-state index >= 15 is 0 Å². The monoisotopic (exact) mass is 428 g/mol. The zero-order valence-corrected chi connectivity index (χ0v) is 15.2. The van der Waals surface area contributed by atoms with E-state index < -0.39 is 41.1 Å². The largest absolute Gasteiger partial charge is 0.573 e. The molecule has 2 atom stereocenters. The molecule has 0 spiro atoms. The number of benzene rings is 2. The van der Waals surface area contributed by atoms with Crippen LogP contribution in [-0.2, 0) is 10.3 Å². The molecule has 4 rings (SSSR count). The molecule has 0 aliphatic carbocycles. The first kappa shape index (κ1) is 20.0. The summed E-state index contributed by atoms with van der Waals surface area (Å²) in [5.74, 6) is -2.03. The molecule has 0 bridgehead atoms. The molecule has 0 N–H and O–H groups in total. The van der Waals surface area contributed by atoms with Crippen LogP contribution in [0.5, 0.6) is 5.75 Å². The minimum absolute atomic E-state index is 0.0755. The van der Waals surface area contributed by atoms with Gasteiger partial charge in [0.15, 0.2) is 0 Å². The number of epoxide rings is 1. The van der Waals surface area contributed by atoms with Gasteiger partial charge < -0.3 is 9.47 Å². The van der Waals surface area contributed by atoms with Crippen LogP contribution in [0.3, 0.4) is 0 Å². The van der Waals surface area contributed by atoms with Crippen molar-refractivity contribution in [2.45, 2.75) is 24.9 Å². The maximum Gasteiger partial charge on any atom is 0.573 e. The number of rotatable bonds is 5. The van der Waals surface area contributed by atoms with Crippen molar-refractivity contribution >= 4 is 0 Å². The third-order valence-corrected chi connectivity index (χ3v) is 4.80. The van der Waals surface area contributed by atoms with Crippen molar-refractivity contribution in [3.05, 3.63) is 70.1 Å². The van der Waals surface area contributed by atoms with E-state index in [2.05, 4.69) is 15.2 Å². The fourth-order valence-electron chi connectivity index (χ4n) is 3.18. The highest BCUT2D eigenvalue weighted by Gasteiger charge is 2.54. The Hall–Kier alpha value is -3.28. The van der Waals surface area contributed by atoms with E-state index in [4.69, 9.17) is 4.74 Å². The molecule has 0 amide bonds. The Balaban J connectivity index is 1.63. The zero-order valence-electron chi connectivity index (χ0n) is 15.2. The molecule has 1 saturated heterocycles. The summed E-state index contributed by atoms with van der Waals surface area (Å²) in [7, 11) is 0. The number of ether oxygens (including phenoxy) is 2. The van der Waals surface area contributed by atoms with Crippen molar-refractivity contribution in [3.63, 3.8) is 0 Å². The average Bonchev–Trinajstić information content (AvgIpc) is 3.37. The predicted molar refractivity (Wildman–Crippen MR) is 91.0 cm³/mol. The van der Waals surface area contributed by atoms with Crippen LogP contribution in [0.2, 0.25) is 0 Å². The summed E-state index contributed by atoms with van der Waals surface area (Å²) in [6.45, 7) is 1.65. The molecule has 1 aliphatic rings. The molecule has 30 heavy (non-hydrogen) atoms. The van der Waals surface area contributed by atoms with Gasteiger partial charge in [-0.2, -0.15) is 9.36 Å². The summed E-state index contributed by atoms with van der Waals surface area (Å²) in [6, 6.07) is 6.70. The van der Waals surface area contributed by atoms with E-state index in [9.17, 15) is 26.7 Å². The first-order chi connectivity index (χ1) is 14.1. The summed E-state index contributed by atoms with van der Waals surface area (Å²) in [6.07, 6.45) is -4.84. The number of tetrazole rings is 1. The van der Waals surface area contributed by atoms with Gasteiger partial charge in [-0.1, -0.05) is 6.07 Å². The molecule has 2 aromatic carbocycles. The van der Waals surface area contributed by atoms with Crippen LogP contribution in [-0.4, -0.2) is 32.8 Å². The lowest BCUT2D eigenvalue weighted by atomic mass is 9.92. The molecule has 1 aromatic heterocycles. The molecule has 0 saturated carbocycles. The molecular formula is C18H13F5N4O3. The summed E-state index contributed by atoms with van der Waals surface area (Å²) in [5.41, 5.74) is -1.71. The minimum atomic E-state index is -4.84. The standard InChI is InChI=1S/C18H13F5N4O3/c1-10(17(9-29-17)14-7-2-11(19)8-15(14)20)26-16(28)27(25-24-26)12-3-5-13(6-4-12)30-18(21,22)23/h2-8,10H,9H2,1H3/t10-,17+/m1/s1. The van der Waals surface area contributed by atoms with Gasteiger partial charge in [-0.3, -0.25) is 0 Å². The smallest absolute Gasteiger partial charge is 0.406 e. The topological polar surface area (TPSA) is 74.5 Å². The van der Waals surface area contributed by atoms with E-state index in [1.54, 1.807) is 6.92 Å². The molecule has 1 fully saturated rings. The highest BCUT2D eigenvalue weighted by Crippen LogP contribution is 2.48. The number of hydrogen-bond acceptors (Lipinski definition) is 5. The fraction of sp³-hybridized carbons (Fsp3) is 0.278. The Morgan fingerprint density at radius 2 is 1.80 bits per heavy atom. The number of hydrogen-bond donors (Lipinski definition) is 0. The van der Waals surface area contributed by atoms with Gasteiger partial charge in [0.05, 0.1) is 18.3 Å². The van der Waals surface area contributed by atoms with Crippen molar-refractivity contribution < 1.29 is 31.4 Å². The van der Waals surface area contributed by atoms with E-state index in [1.807, 2.05) is 0 Å². The van der Waals surface area contributed by atoms with Gasteiger partial charge in [0.1, 0.15) is 23.0 Å². The lowest BCUT2D eigenvalue weighted by Crippen LogP contribution is -2.34. The third-order valence-electron chi connectivity index (χ3n) is 4.80. The van der Waals surface area contributed by atoms with Crippen LogP contribution in [0.1, 0.15) is 18.5 Å². The van der Waals surface area contributed by atoms with Crippen LogP contribution in [0.15, 0.2) is 47.3 Å². The first-order valence-corrected chi connectivity index (χ1v) is 8.61. The summed E-state index contributed by atoms with van der Waals surface area (Å²) >= 11 is 0. The quantitative estimate of drug-likeness (QED) is 0.461. The van der Waals surface area contributed by atoms with Crippen molar-refractivity contribution in [2.75, 3.05) is 6.61 Å². The third kappa shape index (κ3) is 3.54. The van der Waals surface area contributed by atoms with Gasteiger partial charge in [-0.15, -0.1) is 13.2 Å². The van der Waals surface area contributed by atoms with E-state index in [-0.39, 0.29) is 17.9 Å². The van der Waals surface area contributed by atoms with Gasteiger partial charge in [-0.25, -0.2) is 13.6 Å². The van der Waals surface area contributed by atoms with Crippen molar-refractivity contribution in [1.82, 2.24) is 19.8 Å².